The van der Waals surface area contributed by atoms with Crippen LogP contribution in [0.1, 0.15) is 17.5 Å². The highest BCUT2D eigenvalue weighted by atomic mass is 32.1. The van der Waals surface area contributed by atoms with Gasteiger partial charge in [0.1, 0.15) is 11.2 Å². The molecule has 0 fully saturated rings. The maximum atomic E-state index is 6.65. The summed E-state index contributed by atoms with van der Waals surface area (Å²) in [6.45, 7) is 0. The van der Waals surface area contributed by atoms with Crippen LogP contribution in [0.2, 0.25) is 0 Å². The van der Waals surface area contributed by atoms with Gasteiger partial charge in [0.05, 0.1) is 11.1 Å². The first-order valence-corrected chi connectivity index (χ1v) is 17.7. The van der Waals surface area contributed by atoms with E-state index in [-0.39, 0.29) is 0 Å². The molecule has 49 heavy (non-hydrogen) atoms. The molecule has 0 bridgehead atoms. The monoisotopic (exact) mass is 645 g/mol. The molecule has 0 saturated heterocycles. The van der Waals surface area contributed by atoms with Crippen LogP contribution in [-0.2, 0) is 6.42 Å². The molecule has 3 heteroatoms. The number of hydrogen-bond donors (Lipinski definition) is 0. The predicted molar refractivity (Wildman–Crippen MR) is 210 cm³/mol. The summed E-state index contributed by atoms with van der Waals surface area (Å²) < 4.78 is 9.26. The van der Waals surface area contributed by atoms with Crippen LogP contribution in [0.5, 0.6) is 0 Å². The van der Waals surface area contributed by atoms with Crippen molar-refractivity contribution >= 4 is 76.6 Å². The molecule has 10 rings (SSSR count). The Bertz CT molecular complexity index is 2600. The molecule has 0 unspecified atom stereocenters. The number of rotatable bonds is 5. The van der Waals surface area contributed by atoms with Gasteiger partial charge in [0.25, 0.3) is 0 Å². The Morgan fingerprint density at radius 1 is 0.510 bits per heavy atom. The first-order valence-electron chi connectivity index (χ1n) is 16.9. The molecule has 0 spiro atoms. The van der Waals surface area contributed by atoms with E-state index in [1.807, 2.05) is 11.3 Å². The first kappa shape index (κ1) is 28.1. The summed E-state index contributed by atoms with van der Waals surface area (Å²) in [5.41, 5.74) is 12.7. The quantitative estimate of drug-likeness (QED) is 0.185. The molecule has 0 atom stereocenters. The van der Waals surface area contributed by atoms with E-state index in [2.05, 4.69) is 169 Å². The van der Waals surface area contributed by atoms with E-state index < -0.39 is 0 Å². The van der Waals surface area contributed by atoms with Gasteiger partial charge in [-0.15, -0.1) is 11.3 Å². The maximum Gasteiger partial charge on any atom is 0.137 e. The molecule has 0 N–H and O–H groups in total. The van der Waals surface area contributed by atoms with Gasteiger partial charge in [-0.3, -0.25) is 0 Å². The molecule has 1 aliphatic carbocycles. The molecule has 0 aliphatic heterocycles. The third kappa shape index (κ3) is 4.62. The van der Waals surface area contributed by atoms with E-state index in [0.717, 1.165) is 46.5 Å². The van der Waals surface area contributed by atoms with Gasteiger partial charge in [-0.1, -0.05) is 109 Å². The van der Waals surface area contributed by atoms with E-state index in [0.29, 0.717) is 0 Å². The number of nitrogens with zero attached hydrogens (tertiary/aromatic N) is 1. The van der Waals surface area contributed by atoms with Crippen LogP contribution in [0, 0.1) is 0 Å². The van der Waals surface area contributed by atoms with Crippen LogP contribution in [0.3, 0.4) is 0 Å². The van der Waals surface area contributed by atoms with Gasteiger partial charge in [-0.2, -0.15) is 0 Å². The van der Waals surface area contributed by atoms with Gasteiger partial charge in [0, 0.05) is 36.9 Å². The van der Waals surface area contributed by atoms with Crippen LogP contribution in [0.15, 0.2) is 162 Å². The molecule has 232 valence electrons. The Balaban J connectivity index is 1.21. The van der Waals surface area contributed by atoms with E-state index in [4.69, 9.17) is 4.42 Å². The van der Waals surface area contributed by atoms with E-state index in [1.165, 1.54) is 58.9 Å². The minimum atomic E-state index is 0.895. The lowest BCUT2D eigenvalue weighted by Crippen LogP contribution is -2.10. The average Bonchev–Trinajstić information content (AvgIpc) is 3.75. The van der Waals surface area contributed by atoms with Crippen LogP contribution in [0.25, 0.3) is 70.4 Å². The second kappa shape index (κ2) is 11.4. The van der Waals surface area contributed by atoms with Gasteiger partial charge in [0.15, 0.2) is 0 Å². The van der Waals surface area contributed by atoms with Crippen LogP contribution >= 0.6 is 11.3 Å². The van der Waals surface area contributed by atoms with E-state index >= 15 is 0 Å². The van der Waals surface area contributed by atoms with E-state index in [9.17, 15) is 0 Å². The second-order valence-electron chi connectivity index (χ2n) is 12.8. The van der Waals surface area contributed by atoms with Crippen molar-refractivity contribution in [3.63, 3.8) is 0 Å². The van der Waals surface area contributed by atoms with E-state index in [1.54, 1.807) is 0 Å². The van der Waals surface area contributed by atoms with Gasteiger partial charge >= 0.3 is 0 Å². The number of aryl methyl sites for hydroxylation is 1. The fraction of sp³-hybridized carbons (Fsp3) is 0.0435. The highest BCUT2D eigenvalue weighted by molar-refractivity contribution is 7.26. The Morgan fingerprint density at radius 2 is 1.14 bits per heavy atom. The van der Waals surface area contributed by atoms with Crippen molar-refractivity contribution in [2.75, 3.05) is 4.90 Å². The van der Waals surface area contributed by atoms with Gasteiger partial charge in [-0.05, 0) is 101 Å². The van der Waals surface area contributed by atoms with Crippen molar-refractivity contribution in [3.8, 4) is 22.3 Å². The smallest absolute Gasteiger partial charge is 0.137 e. The highest BCUT2D eigenvalue weighted by Gasteiger charge is 2.23. The number of benzene rings is 7. The highest BCUT2D eigenvalue weighted by Crippen LogP contribution is 2.49. The molecule has 0 radical (unpaired) electrons. The van der Waals surface area contributed by atoms with Crippen molar-refractivity contribution in [1.82, 2.24) is 0 Å². The summed E-state index contributed by atoms with van der Waals surface area (Å²) in [7, 11) is 0. The zero-order chi connectivity index (χ0) is 32.3. The Hall–Kier alpha value is -5.90. The van der Waals surface area contributed by atoms with Crippen LogP contribution in [0.4, 0.5) is 17.1 Å². The average molecular weight is 646 g/mol. The predicted octanol–water partition coefficient (Wildman–Crippen LogP) is 13.7. The number of allylic oxidation sites excluding steroid dienone is 1. The minimum absolute atomic E-state index is 0.895. The Labute approximate surface area is 288 Å². The third-order valence-electron chi connectivity index (χ3n) is 9.94. The SMILES string of the molecule is C1=Cc2c(ccc3sc4c(ccc5oc6cccc(N(c7ccc(-c8ccccc8)cc7)c7ccc(-c8ccccc8)cc7)c6c54)c23)CC1. The molecule has 7 aromatic carbocycles. The lowest BCUT2D eigenvalue weighted by molar-refractivity contribution is 0.669. The van der Waals surface area contributed by atoms with Crippen molar-refractivity contribution in [2.24, 2.45) is 0 Å². The van der Waals surface area contributed by atoms with Crippen molar-refractivity contribution in [1.29, 1.82) is 0 Å². The van der Waals surface area contributed by atoms with Crippen molar-refractivity contribution < 1.29 is 4.42 Å². The Morgan fingerprint density at radius 3 is 1.82 bits per heavy atom. The fourth-order valence-corrected chi connectivity index (χ4v) is 8.87. The maximum absolute atomic E-state index is 6.65. The topological polar surface area (TPSA) is 16.4 Å². The largest absolute Gasteiger partial charge is 0.456 e. The third-order valence-corrected chi connectivity index (χ3v) is 11.1. The summed E-state index contributed by atoms with van der Waals surface area (Å²) in [5.74, 6) is 0. The summed E-state index contributed by atoms with van der Waals surface area (Å²) in [6, 6.07) is 54.6. The molecule has 1 aliphatic rings. The summed E-state index contributed by atoms with van der Waals surface area (Å²) in [6.07, 6.45) is 6.85. The standard InChI is InChI=1S/C46H31NOS/c1-3-10-30(11-4-1)32-18-23-35(24-19-32)47(36-25-20-33(21-26-36)31-12-5-2-6-13-31)39-16-9-17-40-44(39)45-41(48-40)28-27-38-43-37-15-8-7-14-34(37)22-29-42(43)49-46(38)45/h1-6,8-13,15-29H,7,14H2. The Kier molecular flexibility index (Phi) is 6.53. The van der Waals surface area contributed by atoms with Gasteiger partial charge in [0.2, 0.25) is 0 Å². The number of thiophene rings is 1. The molecule has 0 amide bonds. The molecule has 2 heterocycles. The minimum Gasteiger partial charge on any atom is -0.456 e. The zero-order valence-electron chi connectivity index (χ0n) is 26.8. The summed E-state index contributed by atoms with van der Waals surface area (Å²) in [5, 5.41) is 4.99. The van der Waals surface area contributed by atoms with Gasteiger partial charge < -0.3 is 9.32 Å². The molecular formula is C46H31NOS. The molecular weight excluding hydrogens is 615 g/mol. The van der Waals surface area contributed by atoms with Crippen molar-refractivity contribution in [2.45, 2.75) is 12.8 Å². The molecule has 2 nitrogen and oxygen atoms in total. The van der Waals surface area contributed by atoms with Crippen molar-refractivity contribution in [3.05, 3.63) is 169 Å². The number of anilines is 3. The molecule has 0 saturated carbocycles. The van der Waals surface area contributed by atoms with Crippen LogP contribution in [-0.4, -0.2) is 0 Å². The number of furan rings is 1. The lowest BCUT2D eigenvalue weighted by Gasteiger charge is -2.26. The molecule has 9 aromatic rings. The number of fused-ring (bicyclic) bond motifs is 9. The first-order chi connectivity index (χ1) is 24.3. The normalized spacial score (nSPS) is 12.7. The summed E-state index contributed by atoms with van der Waals surface area (Å²) >= 11 is 1.88. The molecule has 2 aromatic heterocycles. The second-order valence-corrected chi connectivity index (χ2v) is 13.8. The van der Waals surface area contributed by atoms with Gasteiger partial charge in [-0.25, -0.2) is 0 Å². The zero-order valence-corrected chi connectivity index (χ0v) is 27.6. The fourth-order valence-electron chi connectivity index (χ4n) is 7.61. The summed E-state index contributed by atoms with van der Waals surface area (Å²) in [4.78, 5) is 2.39. The van der Waals surface area contributed by atoms with Crippen LogP contribution < -0.4 is 4.90 Å². The number of hydrogen-bond acceptors (Lipinski definition) is 3. The lowest BCUT2D eigenvalue weighted by atomic mass is 9.93.